The Morgan fingerprint density at radius 2 is 1.76 bits per heavy atom. The molecule has 0 atom stereocenters. The average molecular weight is 237 g/mol. The van der Waals surface area contributed by atoms with E-state index in [1.165, 1.54) is 39.5 Å². The Labute approximate surface area is 97.8 Å². The second-order valence-corrected chi connectivity index (χ2v) is 2.92. The topological polar surface area (TPSA) is 74.2 Å². The van der Waals surface area contributed by atoms with Crippen molar-refractivity contribution in [3.05, 3.63) is 17.7 Å². The quantitative estimate of drug-likeness (QED) is 0.450. The van der Waals surface area contributed by atoms with Crippen molar-refractivity contribution in [2.45, 2.75) is 0 Å². The van der Waals surface area contributed by atoms with E-state index in [9.17, 15) is 9.59 Å². The first-order valence-electron chi connectivity index (χ1n) is 4.60. The van der Waals surface area contributed by atoms with Crippen molar-refractivity contribution in [2.75, 3.05) is 21.3 Å². The van der Waals surface area contributed by atoms with Crippen LogP contribution >= 0.6 is 0 Å². The Morgan fingerprint density at radius 3 is 2.24 bits per heavy atom. The third-order valence-electron chi connectivity index (χ3n) is 2.07. The number of benzene rings is 1. The van der Waals surface area contributed by atoms with Crippen molar-refractivity contribution in [2.24, 2.45) is 4.99 Å². The van der Waals surface area contributed by atoms with E-state index in [1.54, 1.807) is 0 Å². The second-order valence-electron chi connectivity index (χ2n) is 2.92. The van der Waals surface area contributed by atoms with E-state index in [0.717, 1.165) is 0 Å². The molecule has 0 aliphatic heterocycles. The normalized spacial score (nSPS) is 9.12. The van der Waals surface area contributed by atoms with Crippen LogP contribution in [-0.2, 0) is 9.53 Å². The predicted octanol–water partition coefficient (Wildman–Crippen LogP) is 1.46. The molecule has 1 aromatic carbocycles. The van der Waals surface area contributed by atoms with Gasteiger partial charge in [-0.25, -0.2) is 9.59 Å². The smallest absolute Gasteiger partial charge is 0.340 e. The van der Waals surface area contributed by atoms with Gasteiger partial charge in [0.25, 0.3) is 0 Å². The maximum absolute atomic E-state index is 11.5. The van der Waals surface area contributed by atoms with Crippen LogP contribution in [0.25, 0.3) is 0 Å². The summed E-state index contributed by atoms with van der Waals surface area (Å²) in [7, 11) is 4.10. The first-order chi connectivity index (χ1) is 8.17. The summed E-state index contributed by atoms with van der Waals surface area (Å²) in [5.41, 5.74) is 0.220. The van der Waals surface area contributed by atoms with Gasteiger partial charge in [0, 0.05) is 12.1 Å². The Kier molecular flexibility index (Phi) is 4.25. The number of carbonyl (C=O) groups excluding carboxylic acids is 2. The van der Waals surface area contributed by atoms with Gasteiger partial charge in [-0.15, -0.1) is 0 Å². The van der Waals surface area contributed by atoms with E-state index in [4.69, 9.17) is 9.47 Å². The summed E-state index contributed by atoms with van der Waals surface area (Å²) < 4.78 is 14.6. The van der Waals surface area contributed by atoms with Crippen molar-refractivity contribution in [1.29, 1.82) is 0 Å². The van der Waals surface area contributed by atoms with Gasteiger partial charge < -0.3 is 14.2 Å². The molecule has 0 spiro atoms. The monoisotopic (exact) mass is 237 g/mol. The molecule has 1 rings (SSSR count). The van der Waals surface area contributed by atoms with Crippen molar-refractivity contribution < 1.29 is 23.8 Å². The summed E-state index contributed by atoms with van der Waals surface area (Å²) in [4.78, 5) is 25.2. The number of aliphatic imine (C=N–C) groups is 1. The molecule has 0 saturated heterocycles. The number of carbonyl (C=O) groups is 1. The van der Waals surface area contributed by atoms with Gasteiger partial charge in [0.05, 0.1) is 32.6 Å². The van der Waals surface area contributed by atoms with Crippen molar-refractivity contribution in [1.82, 2.24) is 0 Å². The highest BCUT2D eigenvalue weighted by atomic mass is 16.5. The lowest BCUT2D eigenvalue weighted by atomic mass is 10.1. The van der Waals surface area contributed by atoms with Crippen LogP contribution in [0.2, 0.25) is 0 Å². The van der Waals surface area contributed by atoms with Crippen LogP contribution in [0.4, 0.5) is 5.69 Å². The summed E-state index contributed by atoms with van der Waals surface area (Å²) in [6.07, 6.45) is 1.36. The molecule has 0 aliphatic rings. The van der Waals surface area contributed by atoms with Crippen molar-refractivity contribution >= 4 is 17.7 Å². The minimum atomic E-state index is -0.625. The molecule has 0 unspecified atom stereocenters. The molecule has 6 heteroatoms. The van der Waals surface area contributed by atoms with Gasteiger partial charge in [-0.05, 0) is 0 Å². The molecule has 17 heavy (non-hydrogen) atoms. The molecule has 0 aliphatic carbocycles. The molecular weight excluding hydrogens is 226 g/mol. The maximum Gasteiger partial charge on any atom is 0.340 e. The molecule has 0 aromatic heterocycles. The lowest BCUT2D eigenvalue weighted by Gasteiger charge is -2.10. The SMILES string of the molecule is COC(=O)c1cc(OC)c(OC)cc1N=C=O. The van der Waals surface area contributed by atoms with Gasteiger partial charge in [0.2, 0.25) is 6.08 Å². The molecule has 0 N–H and O–H groups in total. The lowest BCUT2D eigenvalue weighted by Crippen LogP contribution is -2.03. The predicted molar refractivity (Wildman–Crippen MR) is 58.7 cm³/mol. The van der Waals surface area contributed by atoms with Crippen LogP contribution in [0.5, 0.6) is 11.5 Å². The summed E-state index contributed by atoms with van der Waals surface area (Å²) in [6.45, 7) is 0. The van der Waals surface area contributed by atoms with Crippen molar-refractivity contribution in [3.8, 4) is 11.5 Å². The summed E-state index contributed by atoms with van der Waals surface area (Å²) in [6, 6.07) is 2.79. The number of hydrogen-bond donors (Lipinski definition) is 0. The van der Waals surface area contributed by atoms with Crippen LogP contribution in [-0.4, -0.2) is 33.4 Å². The molecule has 0 heterocycles. The van der Waals surface area contributed by atoms with Crippen LogP contribution < -0.4 is 9.47 Å². The Morgan fingerprint density at radius 1 is 1.18 bits per heavy atom. The first-order valence-corrected chi connectivity index (χ1v) is 4.60. The van der Waals surface area contributed by atoms with Gasteiger partial charge in [-0.3, -0.25) is 0 Å². The van der Waals surface area contributed by atoms with Gasteiger partial charge in [0.1, 0.15) is 0 Å². The minimum Gasteiger partial charge on any atom is -0.493 e. The molecule has 0 fully saturated rings. The number of ether oxygens (including phenoxy) is 3. The summed E-state index contributed by atoms with van der Waals surface area (Å²) >= 11 is 0. The largest absolute Gasteiger partial charge is 0.493 e. The van der Waals surface area contributed by atoms with E-state index in [2.05, 4.69) is 9.73 Å². The van der Waals surface area contributed by atoms with Gasteiger partial charge in [-0.2, -0.15) is 4.99 Å². The number of methoxy groups -OCH3 is 3. The van der Waals surface area contributed by atoms with E-state index < -0.39 is 5.97 Å². The molecular formula is C11H11NO5. The fourth-order valence-corrected chi connectivity index (χ4v) is 1.28. The van der Waals surface area contributed by atoms with Crippen molar-refractivity contribution in [3.63, 3.8) is 0 Å². The van der Waals surface area contributed by atoms with Crippen LogP contribution in [0, 0.1) is 0 Å². The number of isocyanates is 1. The minimum absolute atomic E-state index is 0.105. The fourth-order valence-electron chi connectivity index (χ4n) is 1.28. The Hall–Kier alpha value is -2.33. The molecule has 90 valence electrons. The van der Waals surface area contributed by atoms with Crippen LogP contribution in [0.1, 0.15) is 10.4 Å². The zero-order valence-electron chi connectivity index (χ0n) is 9.64. The summed E-state index contributed by atoms with van der Waals surface area (Å²) in [5.74, 6) is 0.0758. The molecule has 0 bridgehead atoms. The molecule has 0 amide bonds. The third-order valence-corrected chi connectivity index (χ3v) is 2.07. The van der Waals surface area contributed by atoms with E-state index in [0.29, 0.717) is 11.5 Å². The maximum atomic E-state index is 11.5. The van der Waals surface area contributed by atoms with Crippen LogP contribution in [0.15, 0.2) is 17.1 Å². The summed E-state index contributed by atoms with van der Waals surface area (Å²) in [5, 5.41) is 0. The Balaban J connectivity index is 3.44. The zero-order chi connectivity index (χ0) is 12.8. The number of rotatable bonds is 4. The van der Waals surface area contributed by atoms with E-state index >= 15 is 0 Å². The van der Waals surface area contributed by atoms with Gasteiger partial charge in [-0.1, -0.05) is 0 Å². The molecule has 1 aromatic rings. The second kappa shape index (κ2) is 5.67. The highest BCUT2D eigenvalue weighted by Gasteiger charge is 2.17. The number of esters is 1. The van der Waals surface area contributed by atoms with Crippen LogP contribution in [0.3, 0.4) is 0 Å². The highest BCUT2D eigenvalue weighted by molar-refractivity contribution is 5.96. The lowest BCUT2D eigenvalue weighted by molar-refractivity contribution is 0.0601. The van der Waals surface area contributed by atoms with Gasteiger partial charge >= 0.3 is 5.97 Å². The van der Waals surface area contributed by atoms with E-state index in [-0.39, 0.29) is 11.3 Å². The fraction of sp³-hybridized carbons (Fsp3) is 0.273. The van der Waals surface area contributed by atoms with E-state index in [1.807, 2.05) is 0 Å². The number of nitrogens with zero attached hydrogens (tertiary/aromatic N) is 1. The highest BCUT2D eigenvalue weighted by Crippen LogP contribution is 2.34. The zero-order valence-corrected chi connectivity index (χ0v) is 9.64. The molecule has 6 nitrogen and oxygen atoms in total. The third kappa shape index (κ3) is 2.62. The molecule has 0 radical (unpaired) electrons. The average Bonchev–Trinajstić information content (AvgIpc) is 2.37. The first kappa shape index (κ1) is 12.7. The standard InChI is InChI=1S/C11H11NO5/c1-15-9-4-7(11(14)17-3)8(12-6-13)5-10(9)16-2/h4-5H,1-3H3. The Bertz CT molecular complexity index is 477. The number of hydrogen-bond acceptors (Lipinski definition) is 6. The van der Waals surface area contributed by atoms with Gasteiger partial charge in [0.15, 0.2) is 11.5 Å². The molecule has 0 saturated carbocycles.